The molecule has 0 bridgehead atoms. The van der Waals surface area contributed by atoms with Crippen LogP contribution >= 0.6 is 0 Å². The fourth-order valence-corrected chi connectivity index (χ4v) is 4.45. The third-order valence-electron chi connectivity index (χ3n) is 6.13. The Kier molecular flexibility index (Phi) is 5.37. The van der Waals surface area contributed by atoms with Gasteiger partial charge in [-0.1, -0.05) is 49.0 Å². The zero-order valence-corrected chi connectivity index (χ0v) is 18.3. The number of nitrogens with one attached hydrogen (secondary N) is 2. The van der Waals surface area contributed by atoms with E-state index in [4.69, 9.17) is 10.8 Å². The van der Waals surface area contributed by atoms with E-state index in [9.17, 15) is 0 Å². The minimum atomic E-state index is 0.314. The number of hydrogen-bond acceptors (Lipinski definition) is 5. The topological polar surface area (TPSA) is 80.8 Å². The van der Waals surface area contributed by atoms with Crippen LogP contribution in [-0.4, -0.2) is 27.9 Å². The predicted molar refractivity (Wildman–Crippen MR) is 132 cm³/mol. The number of piperidine rings is 1. The summed E-state index contributed by atoms with van der Waals surface area (Å²) in [6, 6.07) is 18.7. The molecule has 2 aromatic heterocycles. The highest BCUT2D eigenvalue weighted by atomic mass is 15.3. The van der Waals surface area contributed by atoms with Crippen LogP contribution in [0, 0.1) is 6.92 Å². The van der Waals surface area contributed by atoms with Crippen molar-refractivity contribution in [3.63, 3.8) is 0 Å². The van der Waals surface area contributed by atoms with E-state index in [1.54, 1.807) is 0 Å². The van der Waals surface area contributed by atoms with Gasteiger partial charge < -0.3 is 16.4 Å². The summed E-state index contributed by atoms with van der Waals surface area (Å²) in [5.74, 6) is 0.523. The number of nitrogens with two attached hydrogens (primary N) is 1. The lowest BCUT2D eigenvalue weighted by atomic mass is 10.0. The number of para-hydroxylation sites is 1. The highest BCUT2D eigenvalue weighted by Crippen LogP contribution is 2.36. The number of aromatic nitrogens is 3. The lowest BCUT2D eigenvalue weighted by molar-refractivity contribution is 0.355. The second-order valence-corrected chi connectivity index (χ2v) is 8.39. The van der Waals surface area contributed by atoms with Gasteiger partial charge in [0.1, 0.15) is 11.5 Å². The molecule has 162 valence electrons. The number of hydrogen-bond donors (Lipinski definition) is 3. The molecule has 32 heavy (non-hydrogen) atoms. The summed E-state index contributed by atoms with van der Waals surface area (Å²) in [6.45, 7) is 8.26. The fraction of sp³-hybridized carbons (Fsp3) is 0.231. The normalized spacial score (nSPS) is 16.2. The molecular formula is C26H28N6. The van der Waals surface area contributed by atoms with Crippen molar-refractivity contribution in [2.24, 2.45) is 0 Å². The van der Waals surface area contributed by atoms with Gasteiger partial charge in [-0.05, 0) is 49.6 Å². The summed E-state index contributed by atoms with van der Waals surface area (Å²) in [5.41, 5.74) is 13.3. The van der Waals surface area contributed by atoms with E-state index in [-0.39, 0.29) is 0 Å². The summed E-state index contributed by atoms with van der Waals surface area (Å²) >= 11 is 0. The quantitative estimate of drug-likeness (QED) is 0.420. The van der Waals surface area contributed by atoms with Crippen LogP contribution in [0.15, 0.2) is 67.4 Å². The van der Waals surface area contributed by atoms with Crippen LogP contribution < -0.4 is 16.4 Å². The average Bonchev–Trinajstić information content (AvgIpc) is 3.25. The molecule has 0 amide bonds. The molecule has 1 atom stereocenters. The standard InChI is InChI=1S/C26H28N6/c1-17-15-29-26(27)23-24(31-32(25(17)23)22-9-6-14-28-16-22)20-12-10-19(11-13-20)18(2)30-21-7-4-3-5-8-21/h3-5,7-8,10-13,15,22,28,30H,2,6,9,14,16H2,1H3,(H2,27,29). The van der Waals surface area contributed by atoms with Crippen molar-refractivity contribution in [2.45, 2.75) is 25.8 Å². The van der Waals surface area contributed by atoms with E-state index < -0.39 is 0 Å². The van der Waals surface area contributed by atoms with Crippen molar-refractivity contribution < 1.29 is 0 Å². The second kappa shape index (κ2) is 8.48. The Morgan fingerprint density at radius 2 is 1.94 bits per heavy atom. The molecule has 0 radical (unpaired) electrons. The maximum atomic E-state index is 6.37. The summed E-state index contributed by atoms with van der Waals surface area (Å²) in [6.07, 6.45) is 4.10. The first kappa shape index (κ1) is 20.3. The van der Waals surface area contributed by atoms with E-state index in [1.807, 2.05) is 36.5 Å². The Hall–Kier alpha value is -3.64. The molecule has 0 spiro atoms. The van der Waals surface area contributed by atoms with Gasteiger partial charge in [0.15, 0.2) is 0 Å². The van der Waals surface area contributed by atoms with Crippen LogP contribution in [0.25, 0.3) is 27.9 Å². The molecule has 0 aliphatic carbocycles. The summed E-state index contributed by atoms with van der Waals surface area (Å²) in [7, 11) is 0. The third-order valence-corrected chi connectivity index (χ3v) is 6.13. The smallest absolute Gasteiger partial charge is 0.135 e. The number of rotatable bonds is 5. The fourth-order valence-electron chi connectivity index (χ4n) is 4.45. The molecule has 4 aromatic rings. The van der Waals surface area contributed by atoms with Gasteiger partial charge in [0, 0.05) is 29.7 Å². The molecule has 1 saturated heterocycles. The van der Waals surface area contributed by atoms with Crippen LogP contribution in [0.1, 0.15) is 30.0 Å². The zero-order chi connectivity index (χ0) is 22.1. The van der Waals surface area contributed by atoms with Gasteiger partial charge >= 0.3 is 0 Å². The van der Waals surface area contributed by atoms with E-state index in [0.29, 0.717) is 11.9 Å². The molecule has 5 rings (SSSR count). The number of fused-ring (bicyclic) bond motifs is 1. The van der Waals surface area contributed by atoms with E-state index in [0.717, 1.165) is 70.6 Å². The minimum Gasteiger partial charge on any atom is -0.383 e. The number of nitrogen functional groups attached to an aromatic ring is 1. The maximum Gasteiger partial charge on any atom is 0.135 e. The number of anilines is 2. The first-order chi connectivity index (χ1) is 15.6. The second-order valence-electron chi connectivity index (χ2n) is 8.39. The molecule has 1 unspecified atom stereocenters. The molecule has 0 saturated carbocycles. The molecule has 1 aliphatic heterocycles. The van der Waals surface area contributed by atoms with E-state index in [2.05, 4.69) is 58.1 Å². The molecule has 4 N–H and O–H groups in total. The lowest BCUT2D eigenvalue weighted by Crippen LogP contribution is -2.32. The van der Waals surface area contributed by atoms with Gasteiger partial charge in [0.2, 0.25) is 0 Å². The summed E-state index contributed by atoms with van der Waals surface area (Å²) in [4.78, 5) is 4.43. The highest BCUT2D eigenvalue weighted by Gasteiger charge is 2.23. The van der Waals surface area contributed by atoms with Crippen LogP contribution in [0.3, 0.4) is 0 Å². The van der Waals surface area contributed by atoms with Gasteiger partial charge in [-0.15, -0.1) is 0 Å². The summed E-state index contributed by atoms with van der Waals surface area (Å²) in [5, 5.41) is 12.9. The molecule has 1 fully saturated rings. The number of benzene rings is 2. The Morgan fingerprint density at radius 3 is 2.66 bits per heavy atom. The third kappa shape index (κ3) is 3.74. The van der Waals surface area contributed by atoms with Gasteiger partial charge in [-0.25, -0.2) is 4.98 Å². The monoisotopic (exact) mass is 424 g/mol. The van der Waals surface area contributed by atoms with Crippen LogP contribution in [0.2, 0.25) is 0 Å². The van der Waals surface area contributed by atoms with Crippen molar-refractivity contribution in [1.82, 2.24) is 20.1 Å². The van der Waals surface area contributed by atoms with Crippen LogP contribution in [-0.2, 0) is 0 Å². The minimum absolute atomic E-state index is 0.314. The largest absolute Gasteiger partial charge is 0.383 e. The van der Waals surface area contributed by atoms with Crippen molar-refractivity contribution in [1.29, 1.82) is 0 Å². The molecular weight excluding hydrogens is 396 g/mol. The number of aryl methyl sites for hydroxylation is 1. The molecule has 2 aromatic carbocycles. The number of pyridine rings is 1. The zero-order valence-electron chi connectivity index (χ0n) is 18.3. The Labute approximate surface area is 188 Å². The highest BCUT2D eigenvalue weighted by molar-refractivity contribution is 6.01. The molecule has 6 nitrogen and oxygen atoms in total. The first-order valence-corrected chi connectivity index (χ1v) is 11.1. The number of nitrogens with zero attached hydrogens (tertiary/aromatic N) is 3. The van der Waals surface area contributed by atoms with Gasteiger partial charge in [0.05, 0.1) is 16.9 Å². The molecule has 6 heteroatoms. The molecule has 3 heterocycles. The van der Waals surface area contributed by atoms with Crippen molar-refractivity contribution in [3.8, 4) is 11.3 Å². The van der Waals surface area contributed by atoms with E-state index >= 15 is 0 Å². The van der Waals surface area contributed by atoms with E-state index in [1.165, 1.54) is 0 Å². The SMILES string of the molecule is C=C(Nc1ccccc1)c1ccc(-c2nn(C3CCCNC3)c3c(C)cnc(N)c23)cc1. The Morgan fingerprint density at radius 1 is 1.16 bits per heavy atom. The maximum absolute atomic E-state index is 6.37. The van der Waals surface area contributed by atoms with Gasteiger partial charge in [-0.2, -0.15) is 5.10 Å². The van der Waals surface area contributed by atoms with Crippen molar-refractivity contribution in [3.05, 3.63) is 78.5 Å². The predicted octanol–water partition coefficient (Wildman–Crippen LogP) is 5.00. The Balaban J connectivity index is 1.52. The first-order valence-electron chi connectivity index (χ1n) is 11.1. The summed E-state index contributed by atoms with van der Waals surface area (Å²) < 4.78 is 2.16. The lowest BCUT2D eigenvalue weighted by Gasteiger charge is -2.24. The van der Waals surface area contributed by atoms with Gasteiger partial charge in [-0.3, -0.25) is 4.68 Å². The van der Waals surface area contributed by atoms with Crippen LogP contribution in [0.5, 0.6) is 0 Å². The van der Waals surface area contributed by atoms with Gasteiger partial charge in [0.25, 0.3) is 0 Å². The Bertz CT molecular complexity index is 1250. The van der Waals surface area contributed by atoms with Crippen molar-refractivity contribution in [2.75, 3.05) is 24.1 Å². The van der Waals surface area contributed by atoms with Crippen molar-refractivity contribution >= 4 is 28.1 Å². The average molecular weight is 425 g/mol. The van der Waals surface area contributed by atoms with Crippen LogP contribution in [0.4, 0.5) is 11.5 Å². The molecule has 1 aliphatic rings.